The van der Waals surface area contributed by atoms with Crippen molar-refractivity contribution < 1.29 is 23.4 Å². The minimum atomic E-state index is -0.859. The zero-order valence-corrected chi connectivity index (χ0v) is 23.2. The summed E-state index contributed by atoms with van der Waals surface area (Å²) >= 11 is 0. The first-order valence-electron chi connectivity index (χ1n) is 13.4. The molecular weight excluding hydrogens is 527 g/mol. The van der Waals surface area contributed by atoms with E-state index < -0.39 is 11.7 Å². The van der Waals surface area contributed by atoms with Gasteiger partial charge in [-0.2, -0.15) is 0 Å². The second-order valence-electron chi connectivity index (χ2n) is 10.2. The summed E-state index contributed by atoms with van der Waals surface area (Å²) in [6.07, 6.45) is 0.832. The molecule has 2 aromatic heterocycles. The molecule has 0 aliphatic carbocycles. The lowest BCUT2D eigenvalue weighted by atomic mass is 9.91. The average Bonchev–Trinajstić information content (AvgIpc) is 3.44. The Balaban J connectivity index is 1.40. The lowest BCUT2D eigenvalue weighted by Gasteiger charge is -2.35. The van der Waals surface area contributed by atoms with Crippen molar-refractivity contribution in [2.24, 2.45) is 5.41 Å². The average molecular weight is 561 g/mol. The third-order valence-electron chi connectivity index (χ3n) is 6.87. The topological polar surface area (TPSA) is 123 Å². The molecule has 5 rings (SSSR count). The molecule has 0 radical (unpaired) electrons. The molecule has 1 unspecified atom stereocenters. The van der Waals surface area contributed by atoms with Crippen LogP contribution in [0.3, 0.4) is 0 Å². The van der Waals surface area contributed by atoms with Crippen molar-refractivity contribution in [3.63, 3.8) is 0 Å². The highest BCUT2D eigenvalue weighted by atomic mass is 19.1. The fourth-order valence-corrected chi connectivity index (χ4v) is 4.47. The second-order valence-corrected chi connectivity index (χ2v) is 10.2. The Morgan fingerprint density at radius 3 is 2.56 bits per heavy atom. The number of ether oxygens (including phenoxy) is 3. The van der Waals surface area contributed by atoms with Gasteiger partial charge in [-0.25, -0.2) is 19.3 Å². The molecule has 0 spiro atoms. The van der Waals surface area contributed by atoms with E-state index in [4.69, 9.17) is 24.2 Å². The fourth-order valence-electron chi connectivity index (χ4n) is 4.47. The van der Waals surface area contributed by atoms with Gasteiger partial charge in [0.15, 0.2) is 5.82 Å². The summed E-state index contributed by atoms with van der Waals surface area (Å²) in [4.78, 5) is 29.9. The highest BCUT2D eigenvalue weighted by Gasteiger charge is 2.40. The van der Waals surface area contributed by atoms with Crippen LogP contribution in [0.5, 0.6) is 0 Å². The number of halogens is 1. The van der Waals surface area contributed by atoms with Crippen molar-refractivity contribution in [3.05, 3.63) is 84.1 Å². The van der Waals surface area contributed by atoms with E-state index in [-0.39, 0.29) is 31.0 Å². The highest BCUT2D eigenvalue weighted by Crippen LogP contribution is 2.35. The number of carbonyl (C=O) groups is 1. The summed E-state index contributed by atoms with van der Waals surface area (Å²) in [7, 11) is 1.58. The number of hydrogen-bond donors (Lipinski definition) is 3. The number of amides is 1. The summed E-state index contributed by atoms with van der Waals surface area (Å²) in [6.45, 7) is 4.91. The Bertz CT molecular complexity index is 1460. The van der Waals surface area contributed by atoms with Crippen LogP contribution < -0.4 is 10.6 Å². The molecule has 4 aromatic rings. The van der Waals surface area contributed by atoms with E-state index >= 15 is 0 Å². The zero-order valence-electron chi connectivity index (χ0n) is 23.2. The van der Waals surface area contributed by atoms with Crippen LogP contribution in [0.1, 0.15) is 37.6 Å². The molecule has 214 valence electrons. The van der Waals surface area contributed by atoms with E-state index in [0.717, 1.165) is 5.56 Å². The van der Waals surface area contributed by atoms with Gasteiger partial charge in [-0.05, 0) is 49.7 Å². The maximum Gasteiger partial charge on any atom is 0.230 e. The van der Waals surface area contributed by atoms with Gasteiger partial charge in [0.25, 0.3) is 0 Å². The Morgan fingerprint density at radius 1 is 1.12 bits per heavy atom. The fraction of sp³-hybridized carbons (Fsp3) is 0.333. The maximum atomic E-state index is 13.7. The number of nitrogens with zero attached hydrogens (tertiary/aromatic N) is 3. The van der Waals surface area contributed by atoms with Crippen LogP contribution in [0, 0.1) is 11.2 Å². The Labute approximate surface area is 237 Å². The number of anilines is 1. The number of nitrogens with one attached hydrogen (secondary N) is 3. The molecule has 1 amide bonds. The van der Waals surface area contributed by atoms with Crippen molar-refractivity contribution in [1.29, 1.82) is 0 Å². The normalized spacial score (nSPS) is 19.5. The Kier molecular flexibility index (Phi) is 8.67. The molecule has 1 saturated heterocycles. The predicted molar refractivity (Wildman–Crippen MR) is 151 cm³/mol. The van der Waals surface area contributed by atoms with E-state index in [0.29, 0.717) is 47.6 Å². The largest absolute Gasteiger partial charge is 0.383 e. The highest BCUT2D eigenvalue weighted by molar-refractivity contribution is 5.82. The smallest absolute Gasteiger partial charge is 0.230 e. The molecule has 11 heteroatoms. The van der Waals surface area contributed by atoms with E-state index in [1.54, 1.807) is 38.4 Å². The minimum absolute atomic E-state index is 0.0228. The number of benzene rings is 2. The second kappa shape index (κ2) is 12.5. The lowest BCUT2D eigenvalue weighted by Crippen LogP contribution is -2.49. The van der Waals surface area contributed by atoms with Gasteiger partial charge in [0.1, 0.15) is 5.82 Å². The van der Waals surface area contributed by atoms with Crippen molar-refractivity contribution in [1.82, 2.24) is 25.3 Å². The molecule has 1 fully saturated rings. The van der Waals surface area contributed by atoms with Crippen LogP contribution in [0.25, 0.3) is 22.6 Å². The molecule has 3 N–H and O–H groups in total. The maximum absolute atomic E-state index is 13.7. The Hall–Kier alpha value is -4.19. The summed E-state index contributed by atoms with van der Waals surface area (Å²) < 4.78 is 30.7. The van der Waals surface area contributed by atoms with Gasteiger partial charge in [0, 0.05) is 25.4 Å². The van der Waals surface area contributed by atoms with Gasteiger partial charge in [0.2, 0.25) is 18.1 Å². The van der Waals surface area contributed by atoms with Gasteiger partial charge >= 0.3 is 0 Å². The first-order chi connectivity index (χ1) is 19.9. The van der Waals surface area contributed by atoms with Crippen LogP contribution in [0.2, 0.25) is 0 Å². The number of methoxy groups -OCH3 is 1. The number of imidazole rings is 1. The van der Waals surface area contributed by atoms with Gasteiger partial charge in [0.05, 0.1) is 48.4 Å². The third-order valence-corrected chi connectivity index (χ3v) is 6.87. The number of aromatic nitrogens is 4. The van der Waals surface area contributed by atoms with Gasteiger partial charge in [-0.1, -0.05) is 30.3 Å². The molecule has 2 aromatic carbocycles. The summed E-state index contributed by atoms with van der Waals surface area (Å²) in [5.74, 6) is 0.329. The van der Waals surface area contributed by atoms with E-state index in [2.05, 4.69) is 20.6 Å². The van der Waals surface area contributed by atoms with Crippen LogP contribution in [0.15, 0.2) is 66.9 Å². The molecule has 1 aliphatic rings. The van der Waals surface area contributed by atoms with Gasteiger partial charge in [-0.3, -0.25) is 4.79 Å². The number of hydrogen-bond acceptors (Lipinski definition) is 8. The molecule has 1 atom stereocenters. The molecule has 1 aliphatic heterocycles. The van der Waals surface area contributed by atoms with Crippen LogP contribution in [-0.4, -0.2) is 59.3 Å². The first kappa shape index (κ1) is 28.3. The van der Waals surface area contributed by atoms with Crippen molar-refractivity contribution in [3.8, 4) is 22.6 Å². The molecule has 0 bridgehead atoms. The van der Waals surface area contributed by atoms with Crippen molar-refractivity contribution in [2.45, 2.75) is 26.2 Å². The molecule has 10 nitrogen and oxygen atoms in total. The quantitative estimate of drug-likeness (QED) is 0.239. The van der Waals surface area contributed by atoms with Crippen LogP contribution >= 0.6 is 0 Å². The zero-order chi connectivity index (χ0) is 28.8. The predicted octanol–water partition coefficient (Wildman–Crippen LogP) is 4.66. The summed E-state index contributed by atoms with van der Waals surface area (Å²) in [5.41, 5.74) is 2.67. The van der Waals surface area contributed by atoms with E-state index in [9.17, 15) is 9.18 Å². The van der Waals surface area contributed by atoms with Gasteiger partial charge in [-0.15, -0.1) is 0 Å². The summed E-state index contributed by atoms with van der Waals surface area (Å²) in [6, 6.07) is 17.8. The van der Waals surface area contributed by atoms with Crippen molar-refractivity contribution in [2.75, 3.05) is 38.8 Å². The van der Waals surface area contributed by atoms with Crippen LogP contribution in [-0.2, 0) is 19.0 Å². The first-order valence-corrected chi connectivity index (χ1v) is 13.4. The van der Waals surface area contributed by atoms with E-state index in [1.165, 1.54) is 12.1 Å². The van der Waals surface area contributed by atoms with E-state index in [1.807, 2.05) is 37.3 Å². The molecule has 0 saturated carbocycles. The SMILES string of the molecule is COCCNC(=O)C1(C)COC(c2nc(-c3ccc(F)cc3)c(-c3ccnc(NC(C)c4ccccc4)n3)[nH]2)OC1. The molecule has 3 heterocycles. The van der Waals surface area contributed by atoms with Crippen molar-refractivity contribution >= 4 is 11.9 Å². The van der Waals surface area contributed by atoms with Gasteiger partial charge < -0.3 is 29.8 Å². The van der Waals surface area contributed by atoms with Crippen LogP contribution in [0.4, 0.5) is 10.3 Å². The Morgan fingerprint density at radius 2 is 1.85 bits per heavy atom. The minimum Gasteiger partial charge on any atom is -0.383 e. The molecule has 41 heavy (non-hydrogen) atoms. The number of carbonyl (C=O) groups excluding carboxylic acids is 1. The molecular formula is C30H33FN6O4. The number of aromatic amines is 1. The lowest BCUT2D eigenvalue weighted by molar-refractivity contribution is -0.231. The monoisotopic (exact) mass is 560 g/mol. The summed E-state index contributed by atoms with van der Waals surface area (Å²) in [5, 5.41) is 6.18. The standard InChI is InChI=1S/C30H33FN6O4/c1-19(20-7-5-4-6-8-20)34-29-33-14-13-23(35-29)25-24(21-9-11-22(31)12-10-21)36-26(37-25)27-40-17-30(2,18-41-27)28(38)32-15-16-39-3/h4-14,19,27H,15-18H2,1-3H3,(H,32,38)(H,36,37)(H,33,34,35). The third kappa shape index (κ3) is 6.59. The number of H-pyrrole nitrogens is 1. The number of rotatable bonds is 10.